The van der Waals surface area contributed by atoms with Crippen molar-refractivity contribution in [1.29, 1.82) is 0 Å². The van der Waals surface area contributed by atoms with Gasteiger partial charge in [0.1, 0.15) is 18.0 Å². The third-order valence-corrected chi connectivity index (χ3v) is 3.69. The summed E-state index contributed by atoms with van der Waals surface area (Å²) in [5.41, 5.74) is 1.09. The number of hydrogen-bond donors (Lipinski definition) is 2. The smallest absolute Gasteiger partial charge is 0.134 e. The molecule has 1 fully saturated rings. The van der Waals surface area contributed by atoms with E-state index in [1.165, 1.54) is 0 Å². The molecule has 1 saturated heterocycles. The Morgan fingerprint density at radius 1 is 1.32 bits per heavy atom. The molecule has 1 aromatic rings. The maximum Gasteiger partial charge on any atom is 0.134 e. The molecule has 0 aliphatic carbocycles. The van der Waals surface area contributed by atoms with E-state index in [1.807, 2.05) is 0 Å². The Kier molecular flexibility index (Phi) is 4.96. The van der Waals surface area contributed by atoms with E-state index in [4.69, 9.17) is 4.74 Å². The highest BCUT2D eigenvalue weighted by Crippen LogP contribution is 2.23. The van der Waals surface area contributed by atoms with Crippen molar-refractivity contribution >= 4 is 11.6 Å². The highest BCUT2D eigenvalue weighted by Gasteiger charge is 2.24. The van der Waals surface area contributed by atoms with Crippen LogP contribution in [0, 0.1) is 12.8 Å². The van der Waals surface area contributed by atoms with Gasteiger partial charge in [-0.25, -0.2) is 9.97 Å². The summed E-state index contributed by atoms with van der Waals surface area (Å²) in [6.45, 7) is 9.05. The summed E-state index contributed by atoms with van der Waals surface area (Å²) in [6.07, 6.45) is 4.16. The molecule has 5 heteroatoms. The molecule has 1 aliphatic rings. The molecule has 0 saturated carbocycles. The molecule has 0 spiro atoms. The lowest BCUT2D eigenvalue weighted by molar-refractivity contribution is 0.108. The maximum absolute atomic E-state index is 5.58. The minimum Gasteiger partial charge on any atom is -0.378 e. The molecular formula is C14H24N4O. The van der Waals surface area contributed by atoms with E-state index in [1.54, 1.807) is 6.33 Å². The van der Waals surface area contributed by atoms with Gasteiger partial charge in [-0.05, 0) is 26.7 Å². The molecule has 0 aromatic carbocycles. The van der Waals surface area contributed by atoms with E-state index in [-0.39, 0.29) is 0 Å². The minimum atomic E-state index is 0.340. The quantitative estimate of drug-likeness (QED) is 0.826. The van der Waals surface area contributed by atoms with Crippen molar-refractivity contribution in [2.75, 3.05) is 30.3 Å². The molecule has 1 aromatic heterocycles. The van der Waals surface area contributed by atoms with E-state index in [2.05, 4.69) is 41.4 Å². The van der Waals surface area contributed by atoms with Gasteiger partial charge in [-0.1, -0.05) is 6.92 Å². The Morgan fingerprint density at radius 3 is 2.68 bits per heavy atom. The van der Waals surface area contributed by atoms with Gasteiger partial charge in [0.05, 0.1) is 6.10 Å². The zero-order valence-corrected chi connectivity index (χ0v) is 12.1. The van der Waals surface area contributed by atoms with E-state index >= 15 is 0 Å². The number of nitrogens with zero attached hydrogens (tertiary/aromatic N) is 2. The normalized spacial score (nSPS) is 22.5. The van der Waals surface area contributed by atoms with Gasteiger partial charge < -0.3 is 15.4 Å². The van der Waals surface area contributed by atoms with Crippen molar-refractivity contribution in [2.45, 2.75) is 39.7 Å². The summed E-state index contributed by atoms with van der Waals surface area (Å²) in [7, 11) is 0. The lowest BCUT2D eigenvalue weighted by Gasteiger charge is -2.17. The number of ether oxygens (including phenoxy) is 1. The van der Waals surface area contributed by atoms with E-state index in [9.17, 15) is 0 Å². The van der Waals surface area contributed by atoms with Gasteiger partial charge in [-0.3, -0.25) is 0 Å². The third kappa shape index (κ3) is 3.56. The van der Waals surface area contributed by atoms with Crippen molar-refractivity contribution in [1.82, 2.24) is 9.97 Å². The molecular weight excluding hydrogens is 240 g/mol. The second kappa shape index (κ2) is 6.70. The minimum absolute atomic E-state index is 0.340. The molecule has 2 rings (SSSR count). The summed E-state index contributed by atoms with van der Waals surface area (Å²) in [4.78, 5) is 8.61. The first kappa shape index (κ1) is 14.1. The first-order chi connectivity index (χ1) is 9.22. The van der Waals surface area contributed by atoms with Crippen LogP contribution in [0.5, 0.6) is 0 Å². The summed E-state index contributed by atoms with van der Waals surface area (Å²) in [5.74, 6) is 2.42. The molecule has 19 heavy (non-hydrogen) atoms. The summed E-state index contributed by atoms with van der Waals surface area (Å²) in [6, 6.07) is 0. The SMILES string of the molecule is CCCNc1ncnc(NCC2CCOC2C)c1C. The van der Waals surface area contributed by atoms with E-state index in [0.29, 0.717) is 12.0 Å². The maximum atomic E-state index is 5.58. The van der Waals surface area contributed by atoms with Crippen molar-refractivity contribution in [3.05, 3.63) is 11.9 Å². The van der Waals surface area contributed by atoms with Gasteiger partial charge in [-0.2, -0.15) is 0 Å². The Bertz CT molecular complexity index is 410. The van der Waals surface area contributed by atoms with Crippen molar-refractivity contribution in [3.63, 3.8) is 0 Å². The standard InChI is InChI=1S/C14H24N4O/c1-4-6-15-13-10(2)14(18-9-17-13)16-8-12-5-7-19-11(12)3/h9,11-12H,4-8H2,1-3H3,(H2,15,16,17,18). The van der Waals surface area contributed by atoms with Crippen LogP contribution >= 0.6 is 0 Å². The number of aromatic nitrogens is 2. The number of hydrogen-bond acceptors (Lipinski definition) is 5. The second-order valence-corrected chi connectivity index (χ2v) is 5.13. The van der Waals surface area contributed by atoms with Crippen molar-refractivity contribution < 1.29 is 4.74 Å². The lowest BCUT2D eigenvalue weighted by Crippen LogP contribution is -2.21. The Morgan fingerprint density at radius 2 is 2.05 bits per heavy atom. The second-order valence-electron chi connectivity index (χ2n) is 5.13. The lowest BCUT2D eigenvalue weighted by atomic mass is 10.0. The predicted molar refractivity (Wildman–Crippen MR) is 77.6 cm³/mol. The molecule has 1 aliphatic heterocycles. The summed E-state index contributed by atoms with van der Waals surface area (Å²) < 4.78 is 5.58. The molecule has 5 nitrogen and oxygen atoms in total. The number of anilines is 2. The first-order valence-corrected chi connectivity index (χ1v) is 7.13. The number of nitrogens with one attached hydrogen (secondary N) is 2. The van der Waals surface area contributed by atoms with Crippen LogP contribution in [-0.4, -0.2) is 35.8 Å². The van der Waals surface area contributed by atoms with Crippen molar-refractivity contribution in [3.8, 4) is 0 Å². The third-order valence-electron chi connectivity index (χ3n) is 3.69. The van der Waals surface area contributed by atoms with Gasteiger partial charge in [0.25, 0.3) is 0 Å². The molecule has 2 unspecified atom stereocenters. The van der Waals surface area contributed by atoms with Crippen LogP contribution in [0.4, 0.5) is 11.6 Å². The molecule has 2 N–H and O–H groups in total. The van der Waals surface area contributed by atoms with Gasteiger partial charge in [-0.15, -0.1) is 0 Å². The van der Waals surface area contributed by atoms with Crippen LogP contribution in [0.1, 0.15) is 32.3 Å². The zero-order valence-electron chi connectivity index (χ0n) is 12.1. The first-order valence-electron chi connectivity index (χ1n) is 7.13. The monoisotopic (exact) mass is 264 g/mol. The number of rotatable bonds is 6. The average Bonchev–Trinajstić information content (AvgIpc) is 2.82. The summed E-state index contributed by atoms with van der Waals surface area (Å²) in [5, 5.41) is 6.75. The molecule has 2 heterocycles. The van der Waals surface area contributed by atoms with Crippen LogP contribution < -0.4 is 10.6 Å². The van der Waals surface area contributed by atoms with Crippen LogP contribution in [-0.2, 0) is 4.74 Å². The van der Waals surface area contributed by atoms with Crippen molar-refractivity contribution in [2.24, 2.45) is 5.92 Å². The fourth-order valence-electron chi connectivity index (χ4n) is 2.32. The van der Waals surface area contributed by atoms with Crippen LogP contribution in [0.15, 0.2) is 6.33 Å². The van der Waals surface area contributed by atoms with Crippen LogP contribution in [0.2, 0.25) is 0 Å². The fourth-order valence-corrected chi connectivity index (χ4v) is 2.32. The van der Waals surface area contributed by atoms with Gasteiger partial charge in [0, 0.05) is 31.2 Å². The fraction of sp³-hybridized carbons (Fsp3) is 0.714. The Labute approximate surface area is 115 Å². The average molecular weight is 264 g/mol. The van der Waals surface area contributed by atoms with Gasteiger partial charge >= 0.3 is 0 Å². The highest BCUT2D eigenvalue weighted by molar-refractivity contribution is 5.56. The molecule has 0 amide bonds. The highest BCUT2D eigenvalue weighted by atomic mass is 16.5. The van der Waals surface area contributed by atoms with E-state index < -0.39 is 0 Å². The van der Waals surface area contributed by atoms with Gasteiger partial charge in [0.2, 0.25) is 0 Å². The Hall–Kier alpha value is -1.36. The topological polar surface area (TPSA) is 59.1 Å². The predicted octanol–water partition coefficient (Wildman–Crippen LogP) is 2.44. The van der Waals surface area contributed by atoms with Crippen LogP contribution in [0.3, 0.4) is 0 Å². The molecule has 106 valence electrons. The summed E-state index contributed by atoms with van der Waals surface area (Å²) >= 11 is 0. The zero-order chi connectivity index (χ0) is 13.7. The molecule has 2 atom stereocenters. The van der Waals surface area contributed by atoms with E-state index in [0.717, 1.165) is 49.7 Å². The molecule has 0 bridgehead atoms. The van der Waals surface area contributed by atoms with Gasteiger partial charge in [0.15, 0.2) is 0 Å². The van der Waals surface area contributed by atoms with Crippen LogP contribution in [0.25, 0.3) is 0 Å². The largest absolute Gasteiger partial charge is 0.378 e. The Balaban J connectivity index is 1.96. The molecule has 0 radical (unpaired) electrons.